The number of ether oxygens (including phenoxy) is 1. The van der Waals surface area contributed by atoms with Crippen LogP contribution in [0.5, 0.6) is 5.75 Å². The molecule has 2 aliphatic rings. The number of hydrogen-bond acceptors (Lipinski definition) is 4. The Morgan fingerprint density at radius 1 is 1.36 bits per heavy atom. The minimum absolute atomic E-state index is 0.0944. The second-order valence-electron chi connectivity index (χ2n) is 7.31. The first-order valence-corrected chi connectivity index (χ1v) is 9.01. The van der Waals surface area contributed by atoms with Gasteiger partial charge in [0.1, 0.15) is 11.6 Å². The van der Waals surface area contributed by atoms with Crippen molar-refractivity contribution in [2.45, 2.75) is 56.7 Å². The van der Waals surface area contributed by atoms with E-state index in [9.17, 15) is 14.3 Å². The van der Waals surface area contributed by atoms with Crippen LogP contribution in [0, 0.1) is 5.82 Å². The highest BCUT2D eigenvalue weighted by Gasteiger charge is 2.46. The van der Waals surface area contributed by atoms with Gasteiger partial charge in [-0.2, -0.15) is 0 Å². The molecule has 1 aliphatic heterocycles. The summed E-state index contributed by atoms with van der Waals surface area (Å²) in [7, 11) is 1.52. The highest BCUT2D eigenvalue weighted by molar-refractivity contribution is 5.86. The summed E-state index contributed by atoms with van der Waals surface area (Å²) < 4.78 is 19.2. The van der Waals surface area contributed by atoms with Gasteiger partial charge in [-0.25, -0.2) is 4.39 Å². The highest BCUT2D eigenvalue weighted by Crippen LogP contribution is 2.39. The monoisotopic (exact) mass is 350 g/mol. The Hall–Kier alpha value is -1.66. The lowest BCUT2D eigenvalue weighted by Gasteiger charge is -2.39. The van der Waals surface area contributed by atoms with Gasteiger partial charge in [0.05, 0.1) is 7.11 Å². The fraction of sp³-hybridized carbons (Fsp3) is 0.632. The molecule has 0 spiro atoms. The highest BCUT2D eigenvalue weighted by atomic mass is 19.1. The quantitative estimate of drug-likeness (QED) is 0.792. The van der Waals surface area contributed by atoms with Crippen molar-refractivity contribution < 1.29 is 19.0 Å². The Labute approximate surface area is 148 Å². The summed E-state index contributed by atoms with van der Waals surface area (Å²) in [5.41, 5.74) is -0.910. The van der Waals surface area contributed by atoms with Crippen LogP contribution in [0.15, 0.2) is 18.2 Å². The van der Waals surface area contributed by atoms with E-state index in [1.165, 1.54) is 13.2 Å². The van der Waals surface area contributed by atoms with E-state index in [1.807, 2.05) is 0 Å². The summed E-state index contributed by atoms with van der Waals surface area (Å²) in [4.78, 5) is 14.4. The van der Waals surface area contributed by atoms with Crippen molar-refractivity contribution in [3.8, 4) is 5.75 Å². The minimum Gasteiger partial charge on any atom is -0.497 e. The van der Waals surface area contributed by atoms with Crippen LogP contribution in [-0.4, -0.2) is 47.3 Å². The molecule has 0 aromatic heterocycles. The molecule has 2 fully saturated rings. The van der Waals surface area contributed by atoms with Crippen molar-refractivity contribution in [1.82, 2.24) is 10.2 Å². The van der Waals surface area contributed by atoms with Crippen LogP contribution in [0.3, 0.4) is 0 Å². The molecule has 1 saturated heterocycles. The van der Waals surface area contributed by atoms with Gasteiger partial charge in [0, 0.05) is 30.7 Å². The number of rotatable bonds is 7. The molecule has 1 aliphatic carbocycles. The summed E-state index contributed by atoms with van der Waals surface area (Å²) in [5.74, 6) is -0.138. The number of nitrogens with one attached hydrogen (secondary N) is 1. The summed E-state index contributed by atoms with van der Waals surface area (Å²) in [5, 5.41) is 14.3. The summed E-state index contributed by atoms with van der Waals surface area (Å²) in [6.45, 7) is 3.04. The lowest BCUT2D eigenvalue weighted by atomic mass is 9.90. The average Bonchev–Trinajstić information content (AvgIpc) is 3.40. The molecule has 1 amide bonds. The first-order chi connectivity index (χ1) is 11.9. The number of nitrogens with zero attached hydrogens (tertiary/aromatic N) is 1. The first kappa shape index (κ1) is 18.1. The van der Waals surface area contributed by atoms with Gasteiger partial charge in [0.2, 0.25) is 0 Å². The molecule has 5 nitrogen and oxygen atoms in total. The molecule has 2 N–H and O–H groups in total. The maximum atomic E-state index is 14.1. The third-order valence-electron chi connectivity index (χ3n) is 5.60. The Kier molecular flexibility index (Phi) is 5.02. The molecule has 0 radical (unpaired) electrons. The van der Waals surface area contributed by atoms with E-state index in [0.717, 1.165) is 19.3 Å². The van der Waals surface area contributed by atoms with Gasteiger partial charge in [-0.05, 0) is 50.3 Å². The van der Waals surface area contributed by atoms with Crippen molar-refractivity contribution in [3.05, 3.63) is 29.6 Å². The van der Waals surface area contributed by atoms with E-state index >= 15 is 0 Å². The number of aliphatic hydroxyl groups is 1. The van der Waals surface area contributed by atoms with Crippen LogP contribution < -0.4 is 10.1 Å². The molecular weight excluding hydrogens is 323 g/mol. The summed E-state index contributed by atoms with van der Waals surface area (Å²) in [6, 6.07) is 4.50. The number of carbonyl (C=O) groups is 1. The third kappa shape index (κ3) is 3.80. The zero-order valence-corrected chi connectivity index (χ0v) is 15.0. The molecule has 1 heterocycles. The van der Waals surface area contributed by atoms with Gasteiger partial charge in [-0.1, -0.05) is 6.92 Å². The molecule has 6 heteroatoms. The summed E-state index contributed by atoms with van der Waals surface area (Å²) >= 11 is 0. The van der Waals surface area contributed by atoms with Crippen LogP contribution in [-0.2, 0) is 11.3 Å². The van der Waals surface area contributed by atoms with Crippen molar-refractivity contribution in [2.24, 2.45) is 0 Å². The van der Waals surface area contributed by atoms with Gasteiger partial charge < -0.3 is 20.1 Å². The fourth-order valence-corrected chi connectivity index (χ4v) is 3.52. The van der Waals surface area contributed by atoms with Crippen LogP contribution in [0.25, 0.3) is 0 Å². The van der Waals surface area contributed by atoms with Crippen LogP contribution in [0.4, 0.5) is 4.39 Å². The Balaban J connectivity index is 1.69. The number of hydrogen-bond donors (Lipinski definition) is 2. The number of halogens is 1. The maximum Gasteiger partial charge on any atom is 0.256 e. The van der Waals surface area contributed by atoms with Crippen LogP contribution >= 0.6 is 0 Å². The Morgan fingerprint density at radius 2 is 2.12 bits per heavy atom. The number of piperidine rings is 1. The SMILES string of the molecule is CCC1(NCC2(O)CCCN(Cc3cc(OC)ccc3F)C2=O)CC1. The van der Waals surface area contributed by atoms with E-state index in [4.69, 9.17) is 4.74 Å². The van der Waals surface area contributed by atoms with Crippen molar-refractivity contribution in [2.75, 3.05) is 20.2 Å². The molecule has 25 heavy (non-hydrogen) atoms. The zero-order valence-electron chi connectivity index (χ0n) is 15.0. The number of methoxy groups -OCH3 is 1. The molecule has 1 unspecified atom stereocenters. The van der Waals surface area contributed by atoms with Crippen molar-refractivity contribution in [3.63, 3.8) is 0 Å². The normalized spacial score (nSPS) is 25.1. The number of carbonyl (C=O) groups excluding carboxylic acids is 1. The molecule has 1 saturated carbocycles. The van der Waals surface area contributed by atoms with Crippen LogP contribution in [0.2, 0.25) is 0 Å². The van der Waals surface area contributed by atoms with Crippen LogP contribution in [0.1, 0.15) is 44.6 Å². The van der Waals surface area contributed by atoms with E-state index in [1.54, 1.807) is 17.0 Å². The molecule has 0 bridgehead atoms. The van der Waals surface area contributed by atoms with Gasteiger partial charge >= 0.3 is 0 Å². The van der Waals surface area contributed by atoms with Gasteiger partial charge in [-0.3, -0.25) is 4.79 Å². The van der Waals surface area contributed by atoms with Crippen molar-refractivity contribution >= 4 is 5.91 Å². The van der Waals surface area contributed by atoms with E-state index in [2.05, 4.69) is 12.2 Å². The second kappa shape index (κ2) is 6.92. The number of benzene rings is 1. The molecule has 1 aromatic carbocycles. The molecule has 138 valence electrons. The average molecular weight is 350 g/mol. The van der Waals surface area contributed by atoms with Gasteiger partial charge in [-0.15, -0.1) is 0 Å². The standard InChI is InChI=1S/C19H27FN2O3/c1-3-18(8-9-18)21-13-19(24)7-4-10-22(17(19)23)12-14-11-15(25-2)5-6-16(14)20/h5-6,11,21,24H,3-4,7-10,12-13H2,1-2H3. The maximum absolute atomic E-state index is 14.1. The van der Waals surface area contributed by atoms with E-state index in [0.29, 0.717) is 30.7 Å². The first-order valence-electron chi connectivity index (χ1n) is 9.01. The summed E-state index contributed by atoms with van der Waals surface area (Å²) in [6.07, 6.45) is 4.32. The smallest absolute Gasteiger partial charge is 0.256 e. The minimum atomic E-state index is -1.40. The van der Waals surface area contributed by atoms with E-state index in [-0.39, 0.29) is 30.4 Å². The molecule has 3 rings (SSSR count). The van der Waals surface area contributed by atoms with Gasteiger partial charge in [0.15, 0.2) is 5.60 Å². The zero-order chi connectivity index (χ0) is 18.1. The lowest BCUT2D eigenvalue weighted by Crippen LogP contribution is -2.59. The fourth-order valence-electron chi connectivity index (χ4n) is 3.52. The largest absolute Gasteiger partial charge is 0.497 e. The Morgan fingerprint density at radius 3 is 2.76 bits per heavy atom. The second-order valence-corrected chi connectivity index (χ2v) is 7.31. The third-order valence-corrected chi connectivity index (χ3v) is 5.60. The van der Waals surface area contributed by atoms with E-state index < -0.39 is 5.60 Å². The predicted octanol–water partition coefficient (Wildman–Crippen LogP) is 2.22. The topological polar surface area (TPSA) is 61.8 Å². The lowest BCUT2D eigenvalue weighted by molar-refractivity contribution is -0.157. The molecule has 1 aromatic rings. The number of amides is 1. The molecule has 1 atom stereocenters. The molecular formula is C19H27FN2O3. The number of likely N-dealkylation sites (tertiary alicyclic amines) is 1. The van der Waals surface area contributed by atoms with Gasteiger partial charge in [0.25, 0.3) is 5.91 Å². The predicted molar refractivity (Wildman–Crippen MR) is 92.8 cm³/mol. The van der Waals surface area contributed by atoms with Crippen molar-refractivity contribution in [1.29, 1.82) is 0 Å². The Bertz CT molecular complexity index is 648. The number of β-amino-alcohol motifs (C(OH)–C–C–N with tert-alkyl or cyclic N) is 1.